The summed E-state index contributed by atoms with van der Waals surface area (Å²) < 4.78 is 1.54. The zero-order chi connectivity index (χ0) is 24.2. The highest BCUT2D eigenvalue weighted by Crippen LogP contribution is 2.32. The quantitative estimate of drug-likeness (QED) is 0.466. The van der Waals surface area contributed by atoms with E-state index in [4.69, 9.17) is 0 Å². The molecule has 8 heteroatoms. The van der Waals surface area contributed by atoms with Gasteiger partial charge in [-0.2, -0.15) is 0 Å². The Hall–Kier alpha value is -3.26. The van der Waals surface area contributed by atoms with E-state index in [0.717, 1.165) is 42.6 Å². The van der Waals surface area contributed by atoms with Crippen LogP contribution in [0.15, 0.2) is 41.4 Å². The van der Waals surface area contributed by atoms with Gasteiger partial charge in [0.05, 0.1) is 16.9 Å². The average molecular weight is 479 g/mol. The normalized spacial score (nSPS) is 18.5. The van der Waals surface area contributed by atoms with E-state index in [1.165, 1.54) is 10.9 Å². The molecule has 0 unspecified atom stereocenters. The number of amides is 1. The van der Waals surface area contributed by atoms with E-state index < -0.39 is 5.97 Å². The summed E-state index contributed by atoms with van der Waals surface area (Å²) in [6, 6.07) is 7.44. The van der Waals surface area contributed by atoms with Crippen molar-refractivity contribution in [3.8, 4) is 5.69 Å². The summed E-state index contributed by atoms with van der Waals surface area (Å²) in [5.41, 5.74) is 4.44. The number of aromatic carboxylic acids is 1. The predicted octanol–water partition coefficient (Wildman–Crippen LogP) is 5.77. The number of carbonyl (C=O) groups is 2. The molecule has 1 aliphatic rings. The fourth-order valence-electron chi connectivity index (χ4n) is 4.36. The molecule has 0 bridgehead atoms. The second-order valence-corrected chi connectivity index (χ2v) is 9.93. The van der Waals surface area contributed by atoms with Crippen LogP contribution in [0.5, 0.6) is 0 Å². The van der Waals surface area contributed by atoms with E-state index in [2.05, 4.69) is 17.0 Å². The standard InChI is InChI=1S/C26H30N4O3S/c1-17(2)30(25(31)20-9-4-18(3)5-10-20)24-23(26(32)33)14-29(28-24)22-12-7-19(8-13-22)6-11-21-15-34-16-27-21/h6-8,11-18,20H,4-5,9-10H2,1-3H3,(H,32,33)/b11-6+. The maximum atomic E-state index is 13.5. The molecule has 1 N–H and O–H groups in total. The number of carboxylic acid groups (broad SMARTS) is 1. The highest BCUT2D eigenvalue weighted by atomic mass is 32.1. The Morgan fingerprint density at radius 2 is 1.85 bits per heavy atom. The smallest absolute Gasteiger partial charge is 0.341 e. The Bertz CT molecular complexity index is 1160. The molecule has 2 heterocycles. The Morgan fingerprint density at radius 1 is 1.15 bits per heavy atom. The fourth-order valence-corrected chi connectivity index (χ4v) is 4.88. The second kappa shape index (κ2) is 10.3. The van der Waals surface area contributed by atoms with Crippen LogP contribution in [0.4, 0.5) is 5.82 Å². The first-order chi connectivity index (χ1) is 16.3. The molecule has 1 fully saturated rings. The first-order valence-corrected chi connectivity index (χ1v) is 12.6. The topological polar surface area (TPSA) is 88.3 Å². The van der Waals surface area contributed by atoms with Gasteiger partial charge in [-0.3, -0.25) is 9.69 Å². The van der Waals surface area contributed by atoms with Crippen LogP contribution in [0, 0.1) is 11.8 Å². The molecule has 1 aliphatic carbocycles. The molecule has 0 saturated heterocycles. The lowest BCUT2D eigenvalue weighted by Crippen LogP contribution is -2.43. The molecule has 0 atom stereocenters. The van der Waals surface area contributed by atoms with Crippen molar-refractivity contribution in [1.29, 1.82) is 0 Å². The Kier molecular flexibility index (Phi) is 7.26. The van der Waals surface area contributed by atoms with Gasteiger partial charge in [0.1, 0.15) is 5.56 Å². The SMILES string of the molecule is CC1CCC(C(=O)N(c2nn(-c3ccc(/C=C/c4cscn4)cc3)cc2C(=O)O)C(C)C)CC1. The van der Waals surface area contributed by atoms with Crippen LogP contribution in [-0.4, -0.2) is 37.8 Å². The Morgan fingerprint density at radius 3 is 2.44 bits per heavy atom. The first kappa shape index (κ1) is 23.9. The molecule has 1 aromatic carbocycles. The minimum Gasteiger partial charge on any atom is -0.477 e. The van der Waals surface area contributed by atoms with Gasteiger partial charge in [0.2, 0.25) is 5.91 Å². The molecule has 0 spiro atoms. The Labute approximate surface area is 203 Å². The van der Waals surface area contributed by atoms with Crippen LogP contribution in [-0.2, 0) is 4.79 Å². The van der Waals surface area contributed by atoms with Crippen LogP contribution in [0.3, 0.4) is 0 Å². The number of benzene rings is 1. The summed E-state index contributed by atoms with van der Waals surface area (Å²) in [6.07, 6.45) is 9.11. The third-order valence-electron chi connectivity index (χ3n) is 6.33. The van der Waals surface area contributed by atoms with Crippen LogP contribution in [0.1, 0.15) is 68.1 Å². The number of carboxylic acids is 1. The monoisotopic (exact) mass is 478 g/mol. The van der Waals surface area contributed by atoms with Crippen molar-refractivity contribution < 1.29 is 14.7 Å². The molecular weight excluding hydrogens is 448 g/mol. The number of hydrogen-bond acceptors (Lipinski definition) is 5. The van der Waals surface area contributed by atoms with E-state index in [0.29, 0.717) is 5.92 Å². The largest absolute Gasteiger partial charge is 0.477 e. The molecule has 0 aliphatic heterocycles. The zero-order valence-electron chi connectivity index (χ0n) is 19.7. The highest BCUT2D eigenvalue weighted by Gasteiger charge is 2.34. The van der Waals surface area contributed by atoms with Crippen molar-refractivity contribution in [2.75, 3.05) is 4.90 Å². The summed E-state index contributed by atoms with van der Waals surface area (Å²) in [6.45, 7) is 6.01. The van der Waals surface area contributed by atoms with Crippen molar-refractivity contribution in [2.24, 2.45) is 11.8 Å². The summed E-state index contributed by atoms with van der Waals surface area (Å²) in [5, 5.41) is 16.4. The van der Waals surface area contributed by atoms with E-state index in [9.17, 15) is 14.7 Å². The van der Waals surface area contributed by atoms with Gasteiger partial charge in [0, 0.05) is 23.5 Å². The minimum atomic E-state index is -1.10. The van der Waals surface area contributed by atoms with Gasteiger partial charge in [0.25, 0.3) is 0 Å². The molecule has 3 aromatic rings. The van der Waals surface area contributed by atoms with Crippen molar-refractivity contribution >= 4 is 41.2 Å². The van der Waals surface area contributed by atoms with Crippen LogP contribution in [0.2, 0.25) is 0 Å². The fraction of sp³-hybridized carbons (Fsp3) is 0.385. The number of carbonyl (C=O) groups excluding carboxylic acids is 1. The highest BCUT2D eigenvalue weighted by molar-refractivity contribution is 7.07. The number of nitrogens with zero attached hydrogens (tertiary/aromatic N) is 4. The number of hydrogen-bond donors (Lipinski definition) is 1. The van der Waals surface area contributed by atoms with E-state index in [1.54, 1.807) is 21.7 Å². The van der Waals surface area contributed by atoms with Gasteiger partial charge in [-0.05, 0) is 69.2 Å². The summed E-state index contributed by atoms with van der Waals surface area (Å²) >= 11 is 1.55. The molecule has 0 radical (unpaired) electrons. The first-order valence-electron chi connectivity index (χ1n) is 11.7. The summed E-state index contributed by atoms with van der Waals surface area (Å²) in [5.74, 6) is -0.380. The maximum Gasteiger partial charge on any atom is 0.341 e. The maximum absolute atomic E-state index is 13.5. The minimum absolute atomic E-state index is 0.0266. The molecule has 178 valence electrons. The molecule has 1 saturated carbocycles. The van der Waals surface area contributed by atoms with Crippen molar-refractivity contribution in [3.05, 3.63) is 58.2 Å². The molecule has 34 heavy (non-hydrogen) atoms. The molecule has 7 nitrogen and oxygen atoms in total. The molecule has 4 rings (SSSR count). The van der Waals surface area contributed by atoms with Crippen LogP contribution >= 0.6 is 11.3 Å². The third kappa shape index (κ3) is 5.28. The lowest BCUT2D eigenvalue weighted by atomic mass is 9.82. The predicted molar refractivity (Wildman–Crippen MR) is 135 cm³/mol. The number of thiazole rings is 1. The van der Waals surface area contributed by atoms with Crippen molar-refractivity contribution in [2.45, 2.75) is 52.5 Å². The van der Waals surface area contributed by atoms with Crippen molar-refractivity contribution in [3.63, 3.8) is 0 Å². The van der Waals surface area contributed by atoms with Gasteiger partial charge in [0.15, 0.2) is 5.82 Å². The van der Waals surface area contributed by atoms with Crippen LogP contribution < -0.4 is 4.90 Å². The summed E-state index contributed by atoms with van der Waals surface area (Å²) in [7, 11) is 0. The van der Waals surface area contributed by atoms with Crippen LogP contribution in [0.25, 0.3) is 17.8 Å². The van der Waals surface area contributed by atoms with E-state index in [1.807, 2.05) is 55.6 Å². The van der Waals surface area contributed by atoms with Gasteiger partial charge in [-0.15, -0.1) is 16.4 Å². The van der Waals surface area contributed by atoms with Gasteiger partial charge < -0.3 is 5.11 Å². The lowest BCUT2D eigenvalue weighted by Gasteiger charge is -2.32. The second-order valence-electron chi connectivity index (χ2n) is 9.21. The molecular formula is C26H30N4O3S. The molecule has 1 amide bonds. The summed E-state index contributed by atoms with van der Waals surface area (Å²) in [4.78, 5) is 31.3. The lowest BCUT2D eigenvalue weighted by molar-refractivity contribution is -0.123. The van der Waals surface area contributed by atoms with Gasteiger partial charge in [-0.25, -0.2) is 14.5 Å². The average Bonchev–Trinajstić information content (AvgIpc) is 3.49. The van der Waals surface area contributed by atoms with Gasteiger partial charge in [-0.1, -0.05) is 25.1 Å². The number of aromatic nitrogens is 3. The number of anilines is 1. The van der Waals surface area contributed by atoms with Gasteiger partial charge >= 0.3 is 5.97 Å². The number of rotatable bonds is 7. The molecule has 2 aromatic heterocycles. The van der Waals surface area contributed by atoms with E-state index in [-0.39, 0.29) is 29.2 Å². The zero-order valence-corrected chi connectivity index (χ0v) is 20.5. The Balaban J connectivity index is 1.61. The van der Waals surface area contributed by atoms with E-state index >= 15 is 0 Å². The third-order valence-corrected chi connectivity index (χ3v) is 6.93. The van der Waals surface area contributed by atoms with Crippen molar-refractivity contribution in [1.82, 2.24) is 14.8 Å².